The molecule has 0 aromatic carbocycles. The summed E-state index contributed by atoms with van der Waals surface area (Å²) in [6.45, 7) is 8.59. The molecule has 84 valence electrons. The largest absolute Gasteiger partial charge is 0.303 e. The van der Waals surface area contributed by atoms with Gasteiger partial charge < -0.3 is 10.6 Å². The van der Waals surface area contributed by atoms with Crippen LogP contribution in [0.25, 0.3) is 0 Å². The fourth-order valence-electron chi connectivity index (χ4n) is 0.442. The summed E-state index contributed by atoms with van der Waals surface area (Å²) in [5.41, 5.74) is -0.403. The van der Waals surface area contributed by atoms with Crippen LogP contribution in [-0.2, 0) is 4.89 Å². The molecule has 1 rings (SSSR count). The van der Waals surface area contributed by atoms with Gasteiger partial charge in [-0.15, -0.1) is 0 Å². The third-order valence-electron chi connectivity index (χ3n) is 1.00. The van der Waals surface area contributed by atoms with Crippen molar-refractivity contribution in [2.45, 2.75) is 41.2 Å². The first kappa shape index (κ1) is 18.6. The summed E-state index contributed by atoms with van der Waals surface area (Å²) in [7, 11) is 0. The Hall–Kier alpha value is -0.160. The minimum Gasteiger partial charge on any atom is -0.303 e. The first-order valence-electron chi connectivity index (χ1n) is 3.80. The molecule has 0 bridgehead atoms. The standard InChI is InChI=1S/C4H10O2.C3H8N2.2CH4/c1-4(2,3)6-5;1-2-5-3-4-1;;/h5H,1-3H3;4-5H,1-3H2;2*1H4. The fraction of sp³-hybridized carbons (Fsp3) is 1.00. The van der Waals surface area contributed by atoms with Crippen molar-refractivity contribution >= 4 is 0 Å². The molecule has 4 nitrogen and oxygen atoms in total. The first-order valence-corrected chi connectivity index (χ1v) is 3.80. The predicted molar refractivity (Wildman–Crippen MR) is 57.8 cm³/mol. The van der Waals surface area contributed by atoms with Crippen LogP contribution in [0, 0.1) is 0 Å². The van der Waals surface area contributed by atoms with E-state index in [0.717, 1.165) is 19.8 Å². The highest BCUT2D eigenvalue weighted by Crippen LogP contribution is 2.01. The molecule has 0 aromatic rings. The maximum absolute atomic E-state index is 7.90. The van der Waals surface area contributed by atoms with Gasteiger partial charge in [-0.2, -0.15) is 0 Å². The van der Waals surface area contributed by atoms with Gasteiger partial charge in [0.15, 0.2) is 0 Å². The molecule has 0 aromatic heterocycles. The summed E-state index contributed by atoms with van der Waals surface area (Å²) >= 11 is 0. The molecule has 0 saturated carbocycles. The maximum Gasteiger partial charge on any atom is 0.0949 e. The van der Waals surface area contributed by atoms with Crippen molar-refractivity contribution in [3.63, 3.8) is 0 Å². The Balaban J connectivity index is -0.000000134. The average Bonchev–Trinajstić information content (AvgIpc) is 2.41. The number of hydrogen-bond acceptors (Lipinski definition) is 4. The van der Waals surface area contributed by atoms with Gasteiger partial charge in [0, 0.05) is 19.8 Å². The van der Waals surface area contributed by atoms with E-state index < -0.39 is 5.60 Å². The van der Waals surface area contributed by atoms with Crippen molar-refractivity contribution in [3.8, 4) is 0 Å². The minimum atomic E-state index is -0.403. The number of hydrogen-bond donors (Lipinski definition) is 3. The van der Waals surface area contributed by atoms with Crippen molar-refractivity contribution in [1.29, 1.82) is 0 Å². The van der Waals surface area contributed by atoms with Gasteiger partial charge in [-0.05, 0) is 20.8 Å². The molecular weight excluding hydrogens is 168 g/mol. The van der Waals surface area contributed by atoms with Crippen LogP contribution < -0.4 is 10.6 Å². The molecule has 1 aliphatic rings. The summed E-state index contributed by atoms with van der Waals surface area (Å²) in [5, 5.41) is 14.1. The highest BCUT2D eigenvalue weighted by Gasteiger charge is 2.06. The van der Waals surface area contributed by atoms with Crippen molar-refractivity contribution in [2.75, 3.05) is 19.8 Å². The van der Waals surface area contributed by atoms with E-state index in [0.29, 0.717) is 0 Å². The van der Waals surface area contributed by atoms with Gasteiger partial charge in [-0.25, -0.2) is 4.89 Å². The van der Waals surface area contributed by atoms with Gasteiger partial charge >= 0.3 is 0 Å². The highest BCUT2D eigenvalue weighted by atomic mass is 17.1. The Bertz CT molecular complexity index is 80.5. The van der Waals surface area contributed by atoms with E-state index >= 15 is 0 Å². The van der Waals surface area contributed by atoms with Crippen molar-refractivity contribution in [1.82, 2.24) is 10.6 Å². The Kier molecular flexibility index (Phi) is 14.2. The van der Waals surface area contributed by atoms with E-state index in [1.54, 1.807) is 20.8 Å². The molecule has 4 heteroatoms. The second-order valence-corrected chi connectivity index (χ2v) is 3.38. The lowest BCUT2D eigenvalue weighted by Crippen LogP contribution is -2.15. The second-order valence-electron chi connectivity index (χ2n) is 3.38. The van der Waals surface area contributed by atoms with E-state index in [2.05, 4.69) is 15.5 Å². The Morgan fingerprint density at radius 3 is 1.46 bits per heavy atom. The van der Waals surface area contributed by atoms with Gasteiger partial charge in [0.05, 0.1) is 5.60 Å². The van der Waals surface area contributed by atoms with Gasteiger partial charge in [0.25, 0.3) is 0 Å². The molecule has 0 atom stereocenters. The molecule has 0 unspecified atom stereocenters. The smallest absolute Gasteiger partial charge is 0.0949 e. The molecule has 1 heterocycles. The molecule has 0 radical (unpaired) electrons. The van der Waals surface area contributed by atoms with Gasteiger partial charge in [0.2, 0.25) is 0 Å². The number of rotatable bonds is 0. The third kappa shape index (κ3) is 18.7. The lowest BCUT2D eigenvalue weighted by Gasteiger charge is -2.10. The maximum atomic E-state index is 7.90. The third-order valence-corrected chi connectivity index (χ3v) is 1.00. The van der Waals surface area contributed by atoms with E-state index in [1.807, 2.05) is 0 Å². The van der Waals surface area contributed by atoms with Crippen molar-refractivity contribution < 1.29 is 10.1 Å². The van der Waals surface area contributed by atoms with Crippen molar-refractivity contribution in [3.05, 3.63) is 0 Å². The van der Waals surface area contributed by atoms with E-state index in [4.69, 9.17) is 5.26 Å². The fourth-order valence-corrected chi connectivity index (χ4v) is 0.442. The van der Waals surface area contributed by atoms with E-state index in [-0.39, 0.29) is 14.9 Å². The van der Waals surface area contributed by atoms with Gasteiger partial charge in [-0.3, -0.25) is 5.26 Å². The summed E-state index contributed by atoms with van der Waals surface area (Å²) in [6.07, 6.45) is 0. The number of nitrogens with one attached hydrogen (secondary N) is 2. The molecule has 0 aliphatic carbocycles. The van der Waals surface area contributed by atoms with Crippen LogP contribution in [0.2, 0.25) is 0 Å². The van der Waals surface area contributed by atoms with E-state index in [9.17, 15) is 0 Å². The summed E-state index contributed by atoms with van der Waals surface area (Å²) in [6, 6.07) is 0. The monoisotopic (exact) mass is 194 g/mol. The van der Waals surface area contributed by atoms with Crippen LogP contribution in [0.5, 0.6) is 0 Å². The molecular formula is C9H26N2O2. The van der Waals surface area contributed by atoms with Crippen LogP contribution in [0.15, 0.2) is 0 Å². The normalized spacial score (nSPS) is 14.8. The molecule has 0 spiro atoms. The minimum absolute atomic E-state index is 0. The molecule has 1 saturated heterocycles. The summed E-state index contributed by atoms with van der Waals surface area (Å²) in [5.74, 6) is 0. The lowest BCUT2D eigenvalue weighted by atomic mass is 10.2. The van der Waals surface area contributed by atoms with Crippen LogP contribution in [0.1, 0.15) is 35.6 Å². The molecule has 1 fully saturated rings. The SMILES string of the molecule is C.C.C1CNCN1.CC(C)(C)OO. The molecule has 13 heavy (non-hydrogen) atoms. The highest BCUT2D eigenvalue weighted by molar-refractivity contribution is 4.55. The van der Waals surface area contributed by atoms with Crippen LogP contribution >= 0.6 is 0 Å². The van der Waals surface area contributed by atoms with Crippen LogP contribution in [-0.4, -0.2) is 30.6 Å². The van der Waals surface area contributed by atoms with Gasteiger partial charge in [0.1, 0.15) is 0 Å². The molecule has 0 amide bonds. The average molecular weight is 194 g/mol. The zero-order chi connectivity index (χ0) is 8.74. The lowest BCUT2D eigenvalue weighted by molar-refractivity contribution is -0.306. The Labute approximate surface area is 82.6 Å². The van der Waals surface area contributed by atoms with Crippen molar-refractivity contribution in [2.24, 2.45) is 0 Å². The predicted octanol–water partition coefficient (Wildman–Crippen LogP) is 1.68. The Morgan fingerprint density at radius 2 is 1.38 bits per heavy atom. The Morgan fingerprint density at radius 1 is 1.08 bits per heavy atom. The zero-order valence-electron chi connectivity index (χ0n) is 7.48. The topological polar surface area (TPSA) is 53.5 Å². The second kappa shape index (κ2) is 9.92. The quantitative estimate of drug-likeness (QED) is 0.406. The van der Waals surface area contributed by atoms with E-state index in [1.165, 1.54) is 0 Å². The molecule has 1 aliphatic heterocycles. The summed E-state index contributed by atoms with van der Waals surface area (Å²) in [4.78, 5) is 3.94. The van der Waals surface area contributed by atoms with Crippen LogP contribution in [0.4, 0.5) is 0 Å². The summed E-state index contributed by atoms with van der Waals surface area (Å²) < 4.78 is 0. The zero-order valence-corrected chi connectivity index (χ0v) is 7.48. The molecule has 3 N–H and O–H groups in total. The first-order chi connectivity index (χ1) is 5.06. The van der Waals surface area contributed by atoms with Crippen LogP contribution in [0.3, 0.4) is 0 Å². The van der Waals surface area contributed by atoms with Gasteiger partial charge in [-0.1, -0.05) is 14.9 Å².